The number of aromatic nitrogens is 1. The van der Waals surface area contributed by atoms with Gasteiger partial charge in [0.2, 0.25) is 0 Å². The van der Waals surface area contributed by atoms with Crippen LogP contribution in [0.25, 0.3) is 0 Å². The highest BCUT2D eigenvalue weighted by Crippen LogP contribution is 2.39. The van der Waals surface area contributed by atoms with Gasteiger partial charge >= 0.3 is 19.4 Å². The van der Waals surface area contributed by atoms with Crippen molar-refractivity contribution in [1.82, 2.24) is 9.88 Å². The first-order valence-electron chi connectivity index (χ1n) is 10.4. The molecule has 2 aliphatic rings. The molecule has 10 heteroatoms. The second-order valence-corrected chi connectivity index (χ2v) is 10.2. The molecule has 2 aliphatic heterocycles. The number of nitrogens with zero attached hydrogens (tertiary/aromatic N) is 2. The van der Waals surface area contributed by atoms with Gasteiger partial charge in [-0.15, -0.1) is 0 Å². The summed E-state index contributed by atoms with van der Waals surface area (Å²) in [5.74, 6) is -0.531. The van der Waals surface area contributed by atoms with Gasteiger partial charge in [-0.05, 0) is 61.0 Å². The molecule has 3 heterocycles. The van der Waals surface area contributed by atoms with Crippen molar-refractivity contribution in [2.45, 2.75) is 83.8 Å². The molecular weight excluding hydrogens is 412 g/mol. The summed E-state index contributed by atoms with van der Waals surface area (Å²) in [6.07, 6.45) is -3.37. The summed E-state index contributed by atoms with van der Waals surface area (Å²) in [5, 5.41) is 0. The quantitative estimate of drug-likeness (QED) is 0.645. The lowest BCUT2D eigenvalue weighted by Gasteiger charge is -2.32. The zero-order valence-corrected chi connectivity index (χ0v) is 19.1. The van der Waals surface area contributed by atoms with Crippen molar-refractivity contribution in [2.24, 2.45) is 0 Å². The third-order valence-electron chi connectivity index (χ3n) is 6.00. The predicted molar refractivity (Wildman–Crippen MR) is 110 cm³/mol. The van der Waals surface area contributed by atoms with E-state index in [0.29, 0.717) is 13.0 Å². The molecule has 3 rings (SSSR count). The molecular formula is C21H30BF3N2O4. The van der Waals surface area contributed by atoms with Gasteiger partial charge in [0.15, 0.2) is 0 Å². The summed E-state index contributed by atoms with van der Waals surface area (Å²) in [6, 6.07) is 1.06. The first-order valence-corrected chi connectivity index (χ1v) is 10.4. The van der Waals surface area contributed by atoms with Crippen LogP contribution in [0.5, 0.6) is 0 Å². The minimum atomic E-state index is -4.60. The minimum absolute atomic E-state index is 0.0705. The first-order chi connectivity index (χ1) is 14.0. The largest absolute Gasteiger partial charge is 0.496 e. The average Bonchev–Trinajstić information content (AvgIpc) is 3.15. The summed E-state index contributed by atoms with van der Waals surface area (Å²) >= 11 is 0. The molecule has 0 bridgehead atoms. The molecule has 1 atom stereocenters. The van der Waals surface area contributed by atoms with Crippen LogP contribution in [0.3, 0.4) is 0 Å². The van der Waals surface area contributed by atoms with Crippen LogP contribution in [0.15, 0.2) is 12.3 Å². The van der Waals surface area contributed by atoms with Gasteiger partial charge in [-0.1, -0.05) is 0 Å². The van der Waals surface area contributed by atoms with Crippen molar-refractivity contribution in [2.75, 3.05) is 13.1 Å². The lowest BCUT2D eigenvalue weighted by atomic mass is 9.79. The van der Waals surface area contributed by atoms with Crippen LogP contribution in [-0.2, 0) is 20.2 Å². The van der Waals surface area contributed by atoms with E-state index in [2.05, 4.69) is 4.98 Å². The maximum atomic E-state index is 13.9. The van der Waals surface area contributed by atoms with Crippen molar-refractivity contribution in [3.05, 3.63) is 23.5 Å². The molecule has 6 nitrogen and oxygen atoms in total. The van der Waals surface area contributed by atoms with Gasteiger partial charge in [0.1, 0.15) is 5.60 Å². The van der Waals surface area contributed by atoms with E-state index in [9.17, 15) is 18.0 Å². The standard InChI is InChI=1S/C21H30BF3N2O4/c1-18(2,3)29-17(28)27-9-8-13(12-27)16-15(21(23,24)25)10-14(11-26-16)22-30-19(4,5)20(6,7)31-22/h10-11,13H,8-9,12H2,1-7H3. The van der Waals surface area contributed by atoms with Gasteiger partial charge in [-0.25, -0.2) is 4.79 Å². The van der Waals surface area contributed by atoms with E-state index in [1.54, 1.807) is 20.8 Å². The smallest absolute Gasteiger partial charge is 0.444 e. The second kappa shape index (κ2) is 7.65. The van der Waals surface area contributed by atoms with E-state index in [0.717, 1.165) is 6.07 Å². The number of rotatable bonds is 2. The summed E-state index contributed by atoms with van der Waals surface area (Å²) in [6.45, 7) is 13.0. The number of carbonyl (C=O) groups excluding carboxylic acids is 1. The van der Waals surface area contributed by atoms with Crippen LogP contribution in [-0.4, -0.2) is 53.0 Å². The van der Waals surface area contributed by atoms with E-state index in [4.69, 9.17) is 14.0 Å². The maximum Gasteiger partial charge on any atom is 0.496 e. The van der Waals surface area contributed by atoms with Gasteiger partial charge < -0.3 is 18.9 Å². The highest BCUT2D eigenvalue weighted by Gasteiger charge is 2.52. The van der Waals surface area contributed by atoms with E-state index < -0.39 is 47.7 Å². The average molecular weight is 442 g/mol. The third kappa shape index (κ3) is 5.00. The Hall–Kier alpha value is -1.81. The number of amides is 1. The van der Waals surface area contributed by atoms with Crippen LogP contribution in [0.1, 0.15) is 72.1 Å². The van der Waals surface area contributed by atoms with Gasteiger partial charge in [-0.3, -0.25) is 4.98 Å². The molecule has 1 amide bonds. The van der Waals surface area contributed by atoms with Crippen LogP contribution in [0, 0.1) is 0 Å². The molecule has 2 saturated heterocycles. The fraction of sp³-hybridized carbons (Fsp3) is 0.714. The summed E-state index contributed by atoms with van der Waals surface area (Å²) in [5.41, 5.74) is -2.69. The van der Waals surface area contributed by atoms with Crippen molar-refractivity contribution in [3.8, 4) is 0 Å². The molecule has 1 aromatic heterocycles. The molecule has 0 radical (unpaired) electrons. The molecule has 1 unspecified atom stereocenters. The Morgan fingerprint density at radius 1 is 1.19 bits per heavy atom. The van der Waals surface area contributed by atoms with E-state index in [1.165, 1.54) is 11.1 Å². The molecule has 1 aromatic rings. The molecule has 31 heavy (non-hydrogen) atoms. The Morgan fingerprint density at radius 3 is 2.29 bits per heavy atom. The fourth-order valence-corrected chi connectivity index (χ4v) is 3.63. The van der Waals surface area contributed by atoms with Gasteiger partial charge in [0.25, 0.3) is 0 Å². The van der Waals surface area contributed by atoms with Crippen LogP contribution < -0.4 is 5.46 Å². The Morgan fingerprint density at radius 2 is 1.77 bits per heavy atom. The molecule has 0 aliphatic carbocycles. The molecule has 0 spiro atoms. The summed E-state index contributed by atoms with van der Waals surface area (Å²) < 4.78 is 58.9. The molecule has 2 fully saturated rings. The van der Waals surface area contributed by atoms with E-state index in [1.807, 2.05) is 27.7 Å². The summed E-state index contributed by atoms with van der Waals surface area (Å²) in [7, 11) is -0.936. The van der Waals surface area contributed by atoms with Crippen molar-refractivity contribution < 1.29 is 32.0 Å². The number of ether oxygens (including phenoxy) is 1. The summed E-state index contributed by atoms with van der Waals surface area (Å²) in [4.78, 5) is 17.9. The Balaban J connectivity index is 1.85. The lowest BCUT2D eigenvalue weighted by molar-refractivity contribution is -0.138. The highest BCUT2D eigenvalue weighted by molar-refractivity contribution is 6.62. The second-order valence-electron chi connectivity index (χ2n) is 10.2. The van der Waals surface area contributed by atoms with Crippen molar-refractivity contribution in [1.29, 1.82) is 0 Å². The molecule has 0 aromatic carbocycles. The SMILES string of the molecule is CC(C)(C)OC(=O)N1CCC(c2ncc(B3OC(C)(C)C(C)(C)O3)cc2C(F)(F)F)C1. The number of likely N-dealkylation sites (tertiary alicyclic amines) is 1. The van der Waals surface area contributed by atoms with Crippen LogP contribution in [0.4, 0.5) is 18.0 Å². The number of alkyl halides is 3. The number of pyridine rings is 1. The van der Waals surface area contributed by atoms with Crippen LogP contribution in [0.2, 0.25) is 0 Å². The van der Waals surface area contributed by atoms with Crippen molar-refractivity contribution >= 4 is 18.7 Å². The number of carbonyl (C=O) groups is 1. The normalized spacial score (nSPS) is 23.4. The van der Waals surface area contributed by atoms with Gasteiger partial charge in [0, 0.05) is 30.7 Å². The number of hydrogen-bond donors (Lipinski definition) is 0. The van der Waals surface area contributed by atoms with E-state index in [-0.39, 0.29) is 17.7 Å². The van der Waals surface area contributed by atoms with Gasteiger partial charge in [-0.2, -0.15) is 13.2 Å². The van der Waals surface area contributed by atoms with Crippen LogP contribution >= 0.6 is 0 Å². The Kier molecular flexibility index (Phi) is 5.89. The predicted octanol–water partition coefficient (Wildman–Crippen LogP) is 4.12. The Bertz CT molecular complexity index is 836. The zero-order chi connectivity index (χ0) is 23.4. The Labute approximate surface area is 181 Å². The molecule has 0 N–H and O–H groups in total. The number of hydrogen-bond acceptors (Lipinski definition) is 5. The topological polar surface area (TPSA) is 60.9 Å². The van der Waals surface area contributed by atoms with E-state index >= 15 is 0 Å². The maximum absolute atomic E-state index is 13.9. The van der Waals surface area contributed by atoms with Gasteiger partial charge in [0.05, 0.1) is 22.5 Å². The molecule has 0 saturated carbocycles. The zero-order valence-electron chi connectivity index (χ0n) is 19.1. The monoisotopic (exact) mass is 442 g/mol. The first kappa shape index (κ1) is 23.8. The number of halogens is 3. The highest BCUT2D eigenvalue weighted by atomic mass is 19.4. The fourth-order valence-electron chi connectivity index (χ4n) is 3.63. The third-order valence-corrected chi connectivity index (χ3v) is 6.00. The van der Waals surface area contributed by atoms with Crippen molar-refractivity contribution in [3.63, 3.8) is 0 Å². The molecule has 172 valence electrons. The lowest BCUT2D eigenvalue weighted by Crippen LogP contribution is -2.41. The minimum Gasteiger partial charge on any atom is -0.444 e.